The van der Waals surface area contributed by atoms with Crippen molar-refractivity contribution >= 4 is 4.88 Å². The van der Waals surface area contributed by atoms with E-state index in [1.165, 1.54) is 0 Å². The first-order valence-corrected chi connectivity index (χ1v) is 7.64. The molecule has 0 aromatic carbocycles. The zero-order chi connectivity index (χ0) is 12.0. The van der Waals surface area contributed by atoms with Crippen LogP contribution < -0.4 is 0 Å². The SMILES string of the molecule is C=C(C)C(C)=[CH][Ru]([CH]=O)[CH]=C(C)C(=C)C. The van der Waals surface area contributed by atoms with Crippen LogP contribution in [0.5, 0.6) is 0 Å². The van der Waals surface area contributed by atoms with Crippen molar-refractivity contribution in [2.75, 3.05) is 0 Å². The second kappa shape index (κ2) is 6.68. The van der Waals surface area contributed by atoms with E-state index in [0.29, 0.717) is 0 Å². The van der Waals surface area contributed by atoms with Gasteiger partial charge in [-0.2, -0.15) is 0 Å². The standard InChI is InChI=1S/2C6H9.CHO.Ru/c2*1-5(2)6(3)4;1-2;/h2*1H,3H2,2,4H3;1H;. The number of hydrogen-bond donors (Lipinski definition) is 0. The van der Waals surface area contributed by atoms with E-state index >= 15 is 0 Å². The molecule has 15 heavy (non-hydrogen) atoms. The van der Waals surface area contributed by atoms with Gasteiger partial charge in [-0.25, -0.2) is 0 Å². The number of allylic oxidation sites excluding steroid dienone is 4. The van der Waals surface area contributed by atoms with Crippen LogP contribution in [-0.4, -0.2) is 4.88 Å². The first kappa shape index (κ1) is 14.3. The monoisotopic (exact) mass is 293 g/mol. The van der Waals surface area contributed by atoms with Crippen LogP contribution in [0.2, 0.25) is 0 Å². The van der Waals surface area contributed by atoms with E-state index in [1.807, 2.05) is 27.7 Å². The summed E-state index contributed by atoms with van der Waals surface area (Å²) < 4.78 is 4.12. The van der Waals surface area contributed by atoms with Gasteiger partial charge in [-0.05, 0) is 0 Å². The van der Waals surface area contributed by atoms with Gasteiger partial charge in [-0.3, -0.25) is 0 Å². The van der Waals surface area contributed by atoms with Crippen LogP contribution in [0, 0.1) is 0 Å². The van der Waals surface area contributed by atoms with Gasteiger partial charge >= 0.3 is 98.1 Å². The molecule has 1 nitrogen and oxygen atoms in total. The Balaban J connectivity index is 4.88. The fourth-order valence-electron chi connectivity index (χ4n) is 0.605. The van der Waals surface area contributed by atoms with Crippen molar-refractivity contribution in [3.8, 4) is 0 Å². The topological polar surface area (TPSA) is 17.1 Å². The summed E-state index contributed by atoms with van der Waals surface area (Å²) >= 11 is -1.61. The van der Waals surface area contributed by atoms with Crippen LogP contribution in [0.3, 0.4) is 0 Å². The van der Waals surface area contributed by atoms with Gasteiger partial charge in [0.05, 0.1) is 0 Å². The summed E-state index contributed by atoms with van der Waals surface area (Å²) in [7, 11) is 0. The molecule has 0 aromatic heterocycles. The molecule has 0 saturated heterocycles. The predicted molar refractivity (Wildman–Crippen MR) is 63.9 cm³/mol. The zero-order valence-electron chi connectivity index (χ0n) is 9.91. The normalized spacial score (nSPS) is 13.5. The number of rotatable bonds is 5. The van der Waals surface area contributed by atoms with E-state index < -0.39 is 16.0 Å². The average molecular weight is 292 g/mol. The number of carbonyl (C=O) groups excluding carboxylic acids is 1. The van der Waals surface area contributed by atoms with Crippen molar-refractivity contribution in [3.05, 3.63) is 44.8 Å². The molecule has 0 aliphatic rings. The molecular formula is C13H19ORu. The first-order chi connectivity index (χ1) is 6.88. The summed E-state index contributed by atoms with van der Waals surface area (Å²) in [6.45, 7) is 15.6. The Morgan fingerprint density at radius 3 is 1.47 bits per heavy atom. The van der Waals surface area contributed by atoms with Crippen LogP contribution in [0.1, 0.15) is 27.7 Å². The maximum absolute atomic E-state index is 10.9. The summed E-state index contributed by atoms with van der Waals surface area (Å²) in [5.41, 5.74) is 4.28. The quantitative estimate of drug-likeness (QED) is 0.428. The van der Waals surface area contributed by atoms with E-state index in [-0.39, 0.29) is 0 Å². The van der Waals surface area contributed by atoms with Gasteiger partial charge in [0.15, 0.2) is 0 Å². The molecule has 2 heteroatoms. The Morgan fingerprint density at radius 2 is 1.27 bits per heavy atom. The van der Waals surface area contributed by atoms with E-state index in [1.54, 1.807) is 0 Å². The fourth-order valence-corrected chi connectivity index (χ4v) is 3.58. The second-order valence-corrected chi connectivity index (χ2v) is 6.72. The van der Waals surface area contributed by atoms with Crippen molar-refractivity contribution in [1.29, 1.82) is 0 Å². The summed E-state index contributed by atoms with van der Waals surface area (Å²) in [6.07, 6.45) is 0. The van der Waals surface area contributed by atoms with E-state index in [2.05, 4.69) is 22.5 Å². The minimum atomic E-state index is -1.61. The molecule has 0 atom stereocenters. The third kappa shape index (κ3) is 5.64. The maximum atomic E-state index is 10.9. The summed E-state index contributed by atoms with van der Waals surface area (Å²) in [5, 5.41) is 0. The number of carbonyl (C=O) groups is 1. The molecule has 0 heterocycles. The molecule has 0 radical (unpaired) electrons. The molecule has 0 spiro atoms. The zero-order valence-corrected chi connectivity index (χ0v) is 11.6. The Labute approximate surface area is 98.2 Å². The van der Waals surface area contributed by atoms with Gasteiger partial charge in [0.2, 0.25) is 0 Å². The van der Waals surface area contributed by atoms with Crippen molar-refractivity contribution in [2.24, 2.45) is 0 Å². The van der Waals surface area contributed by atoms with E-state index in [4.69, 9.17) is 0 Å². The Hall–Kier alpha value is -0.747. The van der Waals surface area contributed by atoms with Gasteiger partial charge in [0, 0.05) is 0 Å². The van der Waals surface area contributed by atoms with Crippen molar-refractivity contribution < 1.29 is 20.7 Å². The van der Waals surface area contributed by atoms with Crippen molar-refractivity contribution in [3.63, 3.8) is 0 Å². The first-order valence-electron chi connectivity index (χ1n) is 4.63. The van der Waals surface area contributed by atoms with Crippen LogP contribution in [0.15, 0.2) is 44.8 Å². The molecule has 0 amide bonds. The van der Waals surface area contributed by atoms with Crippen LogP contribution in [0.4, 0.5) is 0 Å². The van der Waals surface area contributed by atoms with Gasteiger partial charge in [0.25, 0.3) is 0 Å². The van der Waals surface area contributed by atoms with Crippen LogP contribution in [-0.2, 0) is 20.7 Å². The van der Waals surface area contributed by atoms with Crippen molar-refractivity contribution in [1.82, 2.24) is 0 Å². The predicted octanol–water partition coefficient (Wildman–Crippen LogP) is 3.75. The molecule has 85 valence electrons. The van der Waals surface area contributed by atoms with Gasteiger partial charge in [-0.15, -0.1) is 0 Å². The molecule has 0 N–H and O–H groups in total. The fraction of sp³-hybridized carbons (Fsp3) is 0.308. The third-order valence-electron chi connectivity index (χ3n) is 1.98. The van der Waals surface area contributed by atoms with Crippen LogP contribution in [0.25, 0.3) is 0 Å². The molecule has 0 rings (SSSR count). The Bertz CT molecular complexity index is 304. The molecule has 0 saturated carbocycles. The molecule has 0 aliphatic carbocycles. The summed E-state index contributed by atoms with van der Waals surface area (Å²) in [4.78, 5) is 12.0. The molecular weight excluding hydrogens is 273 g/mol. The third-order valence-corrected chi connectivity index (χ3v) is 5.12. The van der Waals surface area contributed by atoms with Crippen molar-refractivity contribution in [2.45, 2.75) is 27.7 Å². The van der Waals surface area contributed by atoms with E-state index in [9.17, 15) is 4.79 Å². The van der Waals surface area contributed by atoms with Gasteiger partial charge < -0.3 is 0 Å². The number of hydrogen-bond acceptors (Lipinski definition) is 1. The van der Waals surface area contributed by atoms with Gasteiger partial charge in [0.1, 0.15) is 0 Å². The molecule has 0 aromatic rings. The minimum absolute atomic E-state index is 1.02. The van der Waals surface area contributed by atoms with Gasteiger partial charge in [-0.1, -0.05) is 0 Å². The molecule has 0 bridgehead atoms. The second-order valence-electron chi connectivity index (χ2n) is 3.57. The van der Waals surface area contributed by atoms with Crippen LogP contribution >= 0.6 is 0 Å². The molecule has 0 aliphatic heterocycles. The van der Waals surface area contributed by atoms with E-state index in [0.717, 1.165) is 27.2 Å². The molecule has 0 fully saturated rings. The Morgan fingerprint density at radius 1 is 0.933 bits per heavy atom. The molecule has 0 unspecified atom stereocenters. The average Bonchev–Trinajstić information content (AvgIpc) is 2.15. The summed E-state index contributed by atoms with van der Waals surface area (Å²) in [5.74, 6) is 0. The summed E-state index contributed by atoms with van der Waals surface area (Å²) in [6, 6.07) is 0. The Kier molecular flexibility index (Phi) is 6.35.